The Morgan fingerprint density at radius 1 is 0.375 bits per heavy atom. The Balaban J connectivity index is 1.24. The fraction of sp³-hybridized carbons (Fsp3) is 0.0189. The molecule has 2 nitrogen and oxygen atoms in total. The highest BCUT2D eigenvalue weighted by Gasteiger charge is 2.46. The lowest BCUT2D eigenvalue weighted by Gasteiger charge is -2.34. The number of fused-ring (bicyclic) bond motifs is 6. The molecule has 2 heterocycles. The van der Waals surface area contributed by atoms with Crippen LogP contribution in [0.3, 0.4) is 0 Å². The van der Waals surface area contributed by atoms with Crippen LogP contribution in [-0.2, 0) is 5.41 Å². The van der Waals surface area contributed by atoms with E-state index < -0.39 is 5.41 Å². The fourth-order valence-corrected chi connectivity index (χ4v) is 10.1. The lowest BCUT2D eigenvalue weighted by atomic mass is 9.67. The normalized spacial score (nSPS) is 12.8. The first-order chi connectivity index (χ1) is 27.8. The Kier molecular flexibility index (Phi) is 7.61. The Bertz CT molecular complexity index is 2960. The number of hydrogen-bond acceptors (Lipinski definition) is 3. The summed E-state index contributed by atoms with van der Waals surface area (Å²) in [6, 6.07) is 74.5. The molecule has 0 radical (unpaired) electrons. The first kappa shape index (κ1) is 32.5. The second-order valence-electron chi connectivity index (χ2n) is 14.4. The van der Waals surface area contributed by atoms with E-state index in [1.807, 2.05) is 11.3 Å². The average Bonchev–Trinajstić information content (AvgIpc) is 3.81. The molecule has 1 aliphatic carbocycles. The van der Waals surface area contributed by atoms with Crippen LogP contribution in [0.5, 0.6) is 0 Å². The molecule has 56 heavy (non-hydrogen) atoms. The number of rotatable bonds is 6. The van der Waals surface area contributed by atoms with Crippen LogP contribution in [0, 0.1) is 0 Å². The van der Waals surface area contributed by atoms with Gasteiger partial charge in [-0.05, 0) is 69.3 Å². The summed E-state index contributed by atoms with van der Waals surface area (Å²) in [6.07, 6.45) is 0. The molecule has 10 aromatic rings. The van der Waals surface area contributed by atoms with Gasteiger partial charge >= 0.3 is 0 Å². The summed E-state index contributed by atoms with van der Waals surface area (Å²) < 4.78 is 2.51. The van der Waals surface area contributed by atoms with E-state index in [0.717, 1.165) is 39.2 Å². The number of thiophene rings is 1. The Morgan fingerprint density at radius 3 is 1.57 bits per heavy atom. The molecule has 0 atom stereocenters. The zero-order valence-electron chi connectivity index (χ0n) is 30.4. The van der Waals surface area contributed by atoms with Crippen LogP contribution in [0.2, 0.25) is 0 Å². The van der Waals surface area contributed by atoms with Gasteiger partial charge in [0.05, 0.1) is 16.8 Å². The minimum Gasteiger partial charge on any atom is -0.228 e. The van der Waals surface area contributed by atoms with Crippen molar-refractivity contribution in [1.29, 1.82) is 0 Å². The highest BCUT2D eigenvalue weighted by molar-refractivity contribution is 7.26. The maximum Gasteiger partial charge on any atom is 0.161 e. The fourth-order valence-electron chi connectivity index (χ4n) is 8.98. The minimum atomic E-state index is -0.514. The van der Waals surface area contributed by atoms with Crippen molar-refractivity contribution in [2.24, 2.45) is 0 Å². The van der Waals surface area contributed by atoms with Gasteiger partial charge in [-0.2, -0.15) is 0 Å². The quantitative estimate of drug-likeness (QED) is 0.170. The topological polar surface area (TPSA) is 25.8 Å². The van der Waals surface area contributed by atoms with Crippen LogP contribution in [0.25, 0.3) is 76.3 Å². The van der Waals surface area contributed by atoms with Crippen molar-refractivity contribution in [3.63, 3.8) is 0 Å². The van der Waals surface area contributed by atoms with Gasteiger partial charge in [-0.25, -0.2) is 9.97 Å². The third kappa shape index (κ3) is 5.02. The van der Waals surface area contributed by atoms with Crippen LogP contribution < -0.4 is 0 Å². The summed E-state index contributed by atoms with van der Waals surface area (Å²) >= 11 is 1.84. The average molecular weight is 731 g/mol. The lowest BCUT2D eigenvalue weighted by Crippen LogP contribution is -2.28. The molecule has 0 N–H and O–H groups in total. The summed E-state index contributed by atoms with van der Waals surface area (Å²) in [5, 5.41) is 2.48. The van der Waals surface area contributed by atoms with Gasteiger partial charge in [0.25, 0.3) is 0 Å². The van der Waals surface area contributed by atoms with Gasteiger partial charge in [0.2, 0.25) is 0 Å². The van der Waals surface area contributed by atoms with E-state index in [1.54, 1.807) is 0 Å². The van der Waals surface area contributed by atoms with Gasteiger partial charge in [-0.15, -0.1) is 11.3 Å². The monoisotopic (exact) mass is 730 g/mol. The summed E-state index contributed by atoms with van der Waals surface area (Å²) in [5.41, 5.74) is 14.3. The molecular formula is C53H34N2S. The molecule has 0 saturated heterocycles. The molecule has 2 aromatic heterocycles. The lowest BCUT2D eigenvalue weighted by molar-refractivity contribution is 0.769. The van der Waals surface area contributed by atoms with Crippen molar-refractivity contribution >= 4 is 31.5 Å². The summed E-state index contributed by atoms with van der Waals surface area (Å²) in [4.78, 5) is 10.8. The van der Waals surface area contributed by atoms with Crippen LogP contribution >= 0.6 is 11.3 Å². The summed E-state index contributed by atoms with van der Waals surface area (Å²) in [6.45, 7) is 0. The molecule has 8 aromatic carbocycles. The predicted molar refractivity (Wildman–Crippen MR) is 234 cm³/mol. The SMILES string of the molecule is c1ccc(-c2cc(-c3ccccc3)nc(-c3ccc4sc5ccccc5c4c3-c3ccc4c(c3)C(c3ccccc3)(c3ccccc3)c3ccccc3-4)n2)cc1. The zero-order valence-corrected chi connectivity index (χ0v) is 31.2. The van der Waals surface area contributed by atoms with Crippen molar-refractivity contribution in [1.82, 2.24) is 9.97 Å². The van der Waals surface area contributed by atoms with E-state index in [2.05, 4.69) is 206 Å². The van der Waals surface area contributed by atoms with Gasteiger partial charge in [-0.3, -0.25) is 0 Å². The van der Waals surface area contributed by atoms with E-state index in [9.17, 15) is 0 Å². The van der Waals surface area contributed by atoms with Gasteiger partial charge < -0.3 is 0 Å². The molecule has 0 bridgehead atoms. The number of aromatic nitrogens is 2. The summed E-state index contributed by atoms with van der Waals surface area (Å²) in [7, 11) is 0. The molecule has 0 spiro atoms. The van der Waals surface area contributed by atoms with Crippen molar-refractivity contribution in [2.75, 3.05) is 0 Å². The molecule has 0 aliphatic heterocycles. The minimum absolute atomic E-state index is 0.514. The molecule has 0 unspecified atom stereocenters. The molecule has 0 amide bonds. The highest BCUT2D eigenvalue weighted by atomic mass is 32.1. The number of hydrogen-bond donors (Lipinski definition) is 0. The zero-order chi connectivity index (χ0) is 37.1. The Hall–Kier alpha value is -6.94. The molecule has 262 valence electrons. The second-order valence-corrected chi connectivity index (χ2v) is 15.5. The van der Waals surface area contributed by atoms with Gasteiger partial charge in [0.1, 0.15) is 0 Å². The molecule has 0 saturated carbocycles. The van der Waals surface area contributed by atoms with E-state index in [-0.39, 0.29) is 0 Å². The smallest absolute Gasteiger partial charge is 0.161 e. The molecular weight excluding hydrogens is 697 g/mol. The number of benzene rings is 8. The third-order valence-electron chi connectivity index (χ3n) is 11.4. The van der Waals surface area contributed by atoms with Crippen molar-refractivity contribution in [3.05, 3.63) is 229 Å². The van der Waals surface area contributed by atoms with E-state index >= 15 is 0 Å². The maximum absolute atomic E-state index is 5.38. The molecule has 11 rings (SSSR count). The maximum atomic E-state index is 5.38. The van der Waals surface area contributed by atoms with E-state index in [1.165, 1.54) is 53.6 Å². The first-order valence-corrected chi connectivity index (χ1v) is 19.9. The van der Waals surface area contributed by atoms with Gasteiger partial charge in [0, 0.05) is 42.4 Å². The van der Waals surface area contributed by atoms with Crippen LogP contribution in [0.1, 0.15) is 22.3 Å². The van der Waals surface area contributed by atoms with Crippen LogP contribution in [0.15, 0.2) is 206 Å². The Morgan fingerprint density at radius 2 is 0.911 bits per heavy atom. The van der Waals surface area contributed by atoms with Crippen molar-refractivity contribution in [2.45, 2.75) is 5.41 Å². The standard InChI is InChI=1S/C53H34N2S/c1-5-17-35(18-6-1)46-34-47(36-19-7-2-8-20-36)55-52(54-46)43-31-32-49-51(42-26-14-16-28-48(42)56-49)50(43)37-29-30-41-40-25-13-15-27-44(40)53(45(41)33-37,38-21-9-3-10-22-38)39-23-11-4-12-24-39/h1-34H. The van der Waals surface area contributed by atoms with Crippen molar-refractivity contribution < 1.29 is 0 Å². The number of nitrogens with zero attached hydrogens (tertiary/aromatic N) is 2. The van der Waals surface area contributed by atoms with Gasteiger partial charge in [0.15, 0.2) is 5.82 Å². The summed E-state index contributed by atoms with van der Waals surface area (Å²) in [5.74, 6) is 0.707. The molecule has 0 fully saturated rings. The molecule has 3 heteroatoms. The third-order valence-corrected chi connectivity index (χ3v) is 12.5. The highest BCUT2D eigenvalue weighted by Crippen LogP contribution is 2.57. The van der Waals surface area contributed by atoms with Gasteiger partial charge in [-0.1, -0.05) is 176 Å². The van der Waals surface area contributed by atoms with Crippen LogP contribution in [-0.4, -0.2) is 9.97 Å². The van der Waals surface area contributed by atoms with E-state index in [0.29, 0.717) is 5.82 Å². The molecule has 1 aliphatic rings. The van der Waals surface area contributed by atoms with Crippen LogP contribution in [0.4, 0.5) is 0 Å². The van der Waals surface area contributed by atoms with Crippen molar-refractivity contribution in [3.8, 4) is 56.2 Å². The Labute approximate surface area is 330 Å². The first-order valence-electron chi connectivity index (χ1n) is 19.1. The predicted octanol–water partition coefficient (Wildman–Crippen LogP) is 13.9. The largest absolute Gasteiger partial charge is 0.228 e. The second kappa shape index (κ2) is 13.1. The van der Waals surface area contributed by atoms with E-state index in [4.69, 9.17) is 9.97 Å².